The molecule has 0 aromatic rings. The summed E-state index contributed by atoms with van der Waals surface area (Å²) in [7, 11) is 0. The Morgan fingerprint density at radius 2 is 1.32 bits per heavy atom. The zero-order chi connectivity index (χ0) is 15.3. The summed E-state index contributed by atoms with van der Waals surface area (Å²) >= 11 is 0. The summed E-state index contributed by atoms with van der Waals surface area (Å²) in [6, 6.07) is 0. The fourth-order valence-electron chi connectivity index (χ4n) is 1.14. The van der Waals surface area contributed by atoms with Crippen molar-refractivity contribution in [2.75, 3.05) is 6.61 Å². The Labute approximate surface area is 106 Å². The van der Waals surface area contributed by atoms with Gasteiger partial charge in [0.25, 0.3) is 0 Å². The molecule has 0 bridgehead atoms. The number of carboxylic acid groups (broad SMARTS) is 1. The first-order valence-corrected chi connectivity index (χ1v) is 5.01. The summed E-state index contributed by atoms with van der Waals surface area (Å²) in [5, 5.41) is 80.9. The van der Waals surface area contributed by atoms with E-state index in [9.17, 15) is 25.2 Å². The van der Waals surface area contributed by atoms with Crippen LogP contribution in [-0.2, 0) is 4.79 Å². The highest BCUT2D eigenvalue weighted by Gasteiger charge is 2.37. The summed E-state index contributed by atoms with van der Waals surface area (Å²) in [5.74, 6) is -5.19. The third kappa shape index (κ3) is 4.31. The molecule has 5 atom stereocenters. The zero-order valence-corrected chi connectivity index (χ0v) is 9.53. The van der Waals surface area contributed by atoms with Gasteiger partial charge < -0.3 is 46.0 Å². The van der Waals surface area contributed by atoms with Gasteiger partial charge in [-0.1, -0.05) is 0 Å². The molecule has 0 aliphatic carbocycles. The van der Waals surface area contributed by atoms with E-state index in [1.807, 2.05) is 0 Å². The third-order valence-electron chi connectivity index (χ3n) is 2.33. The summed E-state index contributed by atoms with van der Waals surface area (Å²) in [5.41, 5.74) is 0. The second-order valence-electron chi connectivity index (χ2n) is 3.71. The van der Waals surface area contributed by atoms with E-state index >= 15 is 0 Å². The average Bonchev–Trinajstić information content (AvgIpc) is 2.40. The highest BCUT2D eigenvalue weighted by molar-refractivity contribution is 5.84. The van der Waals surface area contributed by atoms with Gasteiger partial charge in [0.05, 0.1) is 6.61 Å². The molecule has 0 unspecified atom stereocenters. The highest BCUT2D eigenvalue weighted by Crippen LogP contribution is 2.14. The first-order chi connectivity index (χ1) is 8.64. The molecule has 0 heterocycles. The molecule has 0 radical (unpaired) electrons. The molecular formula is C9H16O10. The van der Waals surface area contributed by atoms with E-state index < -0.39 is 54.6 Å². The van der Waals surface area contributed by atoms with E-state index in [4.69, 9.17) is 25.5 Å². The second-order valence-corrected chi connectivity index (χ2v) is 3.71. The lowest BCUT2D eigenvalue weighted by Crippen LogP contribution is -2.50. The van der Waals surface area contributed by atoms with Crippen molar-refractivity contribution in [3.63, 3.8) is 0 Å². The molecular weight excluding hydrogens is 268 g/mol. The number of hydrogen-bond donors (Lipinski definition) is 9. The van der Waals surface area contributed by atoms with Gasteiger partial charge in [0.2, 0.25) is 5.76 Å². The van der Waals surface area contributed by atoms with Crippen molar-refractivity contribution in [1.29, 1.82) is 0 Å². The van der Waals surface area contributed by atoms with Crippen molar-refractivity contribution in [3.05, 3.63) is 11.5 Å². The fraction of sp³-hybridized carbons (Fsp3) is 0.667. The minimum absolute atomic E-state index is 0.955. The number of carbonyl (C=O) groups is 1. The van der Waals surface area contributed by atoms with Gasteiger partial charge in [0, 0.05) is 0 Å². The van der Waals surface area contributed by atoms with Crippen LogP contribution in [0.3, 0.4) is 0 Å². The molecule has 0 aliphatic rings. The maximum Gasteiger partial charge on any atom is 0.374 e. The van der Waals surface area contributed by atoms with Crippen LogP contribution in [0, 0.1) is 0 Å². The molecule has 9 N–H and O–H groups in total. The Hall–Kier alpha value is -1.43. The van der Waals surface area contributed by atoms with Crippen molar-refractivity contribution >= 4 is 5.97 Å². The molecule has 10 heteroatoms. The summed E-state index contributed by atoms with van der Waals surface area (Å²) in [6.07, 6.45) is -10.9. The molecule has 0 saturated carbocycles. The zero-order valence-electron chi connectivity index (χ0n) is 9.53. The number of carboxylic acids is 1. The van der Waals surface area contributed by atoms with Crippen LogP contribution >= 0.6 is 0 Å². The quantitative estimate of drug-likeness (QED) is 0.165. The monoisotopic (exact) mass is 284 g/mol. The number of hydrogen-bond acceptors (Lipinski definition) is 9. The average molecular weight is 284 g/mol. The number of aliphatic carboxylic acids is 1. The maximum atomic E-state index is 10.3. The Kier molecular flexibility index (Phi) is 6.69. The van der Waals surface area contributed by atoms with Gasteiger partial charge >= 0.3 is 5.97 Å². The van der Waals surface area contributed by atoms with Crippen LogP contribution in [0.1, 0.15) is 0 Å². The van der Waals surface area contributed by atoms with E-state index in [-0.39, 0.29) is 0 Å². The molecule has 0 aliphatic heterocycles. The number of rotatable bonds is 7. The van der Waals surface area contributed by atoms with Crippen LogP contribution in [0.15, 0.2) is 11.5 Å². The van der Waals surface area contributed by atoms with Crippen molar-refractivity contribution in [2.45, 2.75) is 30.5 Å². The highest BCUT2D eigenvalue weighted by atomic mass is 16.4. The Morgan fingerprint density at radius 1 is 0.842 bits per heavy atom. The molecule has 0 saturated heterocycles. The largest absolute Gasteiger partial charge is 0.506 e. The van der Waals surface area contributed by atoms with Gasteiger partial charge in [-0.3, -0.25) is 0 Å². The van der Waals surface area contributed by atoms with Crippen molar-refractivity contribution < 1.29 is 50.8 Å². The minimum atomic E-state index is -2.42. The van der Waals surface area contributed by atoms with E-state index in [0.29, 0.717) is 0 Å². The Balaban J connectivity index is 4.96. The van der Waals surface area contributed by atoms with E-state index in [1.54, 1.807) is 0 Å². The lowest BCUT2D eigenvalue weighted by molar-refractivity contribution is -0.142. The Morgan fingerprint density at radius 3 is 1.68 bits per heavy atom. The third-order valence-corrected chi connectivity index (χ3v) is 2.33. The molecule has 0 aromatic carbocycles. The van der Waals surface area contributed by atoms with Gasteiger partial charge in [-0.2, -0.15) is 0 Å². The lowest BCUT2D eigenvalue weighted by Gasteiger charge is -2.28. The van der Waals surface area contributed by atoms with Crippen molar-refractivity contribution in [3.8, 4) is 0 Å². The van der Waals surface area contributed by atoms with Gasteiger partial charge in [-0.15, -0.1) is 0 Å². The predicted octanol–water partition coefficient (Wildman–Crippen LogP) is -3.80. The van der Waals surface area contributed by atoms with Crippen LogP contribution < -0.4 is 0 Å². The minimum Gasteiger partial charge on any atom is -0.506 e. The van der Waals surface area contributed by atoms with Gasteiger partial charge in [0.15, 0.2) is 5.76 Å². The smallest absolute Gasteiger partial charge is 0.374 e. The van der Waals surface area contributed by atoms with E-state index in [1.165, 1.54) is 0 Å². The Bertz CT molecular complexity index is 340. The van der Waals surface area contributed by atoms with Gasteiger partial charge in [0.1, 0.15) is 30.5 Å². The lowest BCUT2D eigenvalue weighted by atomic mass is 9.98. The number of aliphatic hydroxyl groups is 8. The number of aliphatic hydroxyl groups excluding tert-OH is 8. The molecule has 112 valence electrons. The van der Waals surface area contributed by atoms with E-state index in [2.05, 4.69) is 0 Å². The van der Waals surface area contributed by atoms with Crippen molar-refractivity contribution in [2.24, 2.45) is 0 Å². The predicted molar refractivity (Wildman–Crippen MR) is 57.0 cm³/mol. The van der Waals surface area contributed by atoms with Gasteiger partial charge in [-0.05, 0) is 0 Å². The molecule has 0 rings (SSSR count). The van der Waals surface area contributed by atoms with Crippen LogP contribution in [0.25, 0.3) is 0 Å². The molecule has 0 spiro atoms. The first kappa shape index (κ1) is 17.6. The van der Waals surface area contributed by atoms with Crippen LogP contribution in [0.2, 0.25) is 0 Å². The molecule has 10 nitrogen and oxygen atoms in total. The maximum absolute atomic E-state index is 10.3. The normalized spacial score (nSPS) is 20.9. The second kappa shape index (κ2) is 7.23. The molecule has 0 fully saturated rings. The van der Waals surface area contributed by atoms with Gasteiger partial charge in [-0.25, -0.2) is 4.79 Å². The SMILES string of the molecule is O=C(O)C(O)=C(O)[C@H](O)[C@@H](O)[C@@H](O)[C@H](O)[C@H](O)CO. The molecule has 19 heavy (non-hydrogen) atoms. The standard InChI is InChI=1S/C9H16O10/c10-1-2(11)3(12)4(13)5(14)6(15)7(16)8(17)9(18)19/h2-6,10-17H,1H2,(H,18,19)/t2-,3-,4+,5+,6-/m1/s1. The van der Waals surface area contributed by atoms with E-state index in [0.717, 1.165) is 0 Å². The molecule has 0 aromatic heterocycles. The van der Waals surface area contributed by atoms with Crippen LogP contribution in [0.5, 0.6) is 0 Å². The fourth-order valence-corrected chi connectivity index (χ4v) is 1.14. The summed E-state index contributed by atoms with van der Waals surface area (Å²) in [6.45, 7) is -0.955. The molecule has 0 amide bonds. The van der Waals surface area contributed by atoms with Crippen LogP contribution in [0.4, 0.5) is 0 Å². The summed E-state index contributed by atoms with van der Waals surface area (Å²) in [4.78, 5) is 10.3. The topological polar surface area (TPSA) is 199 Å². The van der Waals surface area contributed by atoms with Crippen LogP contribution in [-0.4, -0.2) is 89.1 Å². The van der Waals surface area contributed by atoms with Crippen molar-refractivity contribution in [1.82, 2.24) is 0 Å². The summed E-state index contributed by atoms with van der Waals surface area (Å²) < 4.78 is 0. The first-order valence-electron chi connectivity index (χ1n) is 5.01.